The average molecular weight is 392 g/mol. The Labute approximate surface area is 165 Å². The number of nitro groups is 1. The van der Waals surface area contributed by atoms with Crippen molar-refractivity contribution in [3.8, 4) is 11.4 Å². The summed E-state index contributed by atoms with van der Waals surface area (Å²) < 4.78 is 5.24. The number of rotatable bonds is 5. The SMILES string of the molecule is C=C(c1nc(-c2ccccc2)no1)C1(O)C(=O)N(CC)c2ccc([N+](=O)[O-])cc21. The van der Waals surface area contributed by atoms with Crippen LogP contribution < -0.4 is 4.90 Å². The molecule has 4 rings (SSSR count). The van der Waals surface area contributed by atoms with E-state index in [4.69, 9.17) is 4.52 Å². The Balaban J connectivity index is 1.81. The summed E-state index contributed by atoms with van der Waals surface area (Å²) in [6.45, 7) is 5.81. The van der Waals surface area contributed by atoms with Crippen LogP contribution in [-0.2, 0) is 10.4 Å². The van der Waals surface area contributed by atoms with Crippen molar-refractivity contribution in [3.63, 3.8) is 0 Å². The fraction of sp³-hybridized carbons (Fsp3) is 0.150. The van der Waals surface area contributed by atoms with Gasteiger partial charge < -0.3 is 14.5 Å². The molecule has 1 aliphatic rings. The number of likely N-dealkylation sites (N-methyl/N-ethyl adjacent to an activating group) is 1. The smallest absolute Gasteiger partial charge is 0.269 e. The van der Waals surface area contributed by atoms with E-state index in [1.54, 1.807) is 19.1 Å². The van der Waals surface area contributed by atoms with Crippen LogP contribution >= 0.6 is 0 Å². The van der Waals surface area contributed by atoms with Gasteiger partial charge in [0.2, 0.25) is 11.4 Å². The minimum atomic E-state index is -2.25. The number of nitrogens with zero attached hydrogens (tertiary/aromatic N) is 4. The van der Waals surface area contributed by atoms with E-state index < -0.39 is 16.4 Å². The molecule has 0 saturated carbocycles. The highest BCUT2D eigenvalue weighted by Gasteiger charge is 2.53. The number of non-ortho nitro benzene ring substituents is 1. The fourth-order valence-electron chi connectivity index (χ4n) is 3.39. The second kappa shape index (κ2) is 6.64. The lowest BCUT2D eigenvalue weighted by Gasteiger charge is -2.22. The van der Waals surface area contributed by atoms with Crippen molar-refractivity contribution in [2.24, 2.45) is 0 Å². The zero-order chi connectivity index (χ0) is 20.8. The number of aliphatic hydroxyl groups is 1. The molecule has 146 valence electrons. The predicted octanol–water partition coefficient (Wildman–Crippen LogP) is 2.91. The first-order valence-corrected chi connectivity index (χ1v) is 8.80. The summed E-state index contributed by atoms with van der Waals surface area (Å²) in [7, 11) is 0. The van der Waals surface area contributed by atoms with Gasteiger partial charge in [-0.1, -0.05) is 42.1 Å². The van der Waals surface area contributed by atoms with Gasteiger partial charge in [0.15, 0.2) is 0 Å². The lowest BCUT2D eigenvalue weighted by Crippen LogP contribution is -2.41. The molecule has 0 radical (unpaired) electrons. The van der Waals surface area contributed by atoms with Crippen LogP contribution in [0, 0.1) is 10.1 Å². The maximum atomic E-state index is 13.0. The lowest BCUT2D eigenvalue weighted by atomic mass is 9.87. The largest absolute Gasteiger partial charge is 0.372 e. The van der Waals surface area contributed by atoms with E-state index in [1.807, 2.05) is 18.2 Å². The highest BCUT2D eigenvalue weighted by Crippen LogP contribution is 2.48. The van der Waals surface area contributed by atoms with Gasteiger partial charge in [0, 0.05) is 29.8 Å². The molecule has 29 heavy (non-hydrogen) atoms. The zero-order valence-corrected chi connectivity index (χ0v) is 15.4. The third-order valence-electron chi connectivity index (χ3n) is 4.90. The molecule has 0 spiro atoms. The normalized spacial score (nSPS) is 18.0. The summed E-state index contributed by atoms with van der Waals surface area (Å²) in [4.78, 5) is 29.2. The van der Waals surface area contributed by atoms with Crippen molar-refractivity contribution in [1.29, 1.82) is 0 Å². The van der Waals surface area contributed by atoms with Gasteiger partial charge in [-0.05, 0) is 13.0 Å². The number of amides is 1. The van der Waals surface area contributed by atoms with Crippen molar-refractivity contribution in [2.75, 3.05) is 11.4 Å². The summed E-state index contributed by atoms with van der Waals surface area (Å²) in [6.07, 6.45) is 0. The standard InChI is InChI=1S/C20H16N4O5/c1-3-23-16-10-9-14(24(27)28)11-15(16)20(26,19(23)25)12(2)18-21-17(22-29-18)13-7-5-4-6-8-13/h4-11,26H,2-3H2,1H3. The molecule has 2 heterocycles. The molecule has 1 N–H and O–H groups in total. The van der Waals surface area contributed by atoms with Crippen LogP contribution in [0.4, 0.5) is 11.4 Å². The molecule has 1 unspecified atom stereocenters. The predicted molar refractivity (Wildman–Crippen MR) is 104 cm³/mol. The molecule has 0 fully saturated rings. The van der Waals surface area contributed by atoms with E-state index in [2.05, 4.69) is 16.7 Å². The molecule has 1 aromatic heterocycles. The third-order valence-corrected chi connectivity index (χ3v) is 4.90. The first-order chi connectivity index (χ1) is 13.9. The zero-order valence-electron chi connectivity index (χ0n) is 15.4. The minimum absolute atomic E-state index is 0.0583. The molecule has 1 atom stereocenters. The van der Waals surface area contributed by atoms with E-state index in [9.17, 15) is 20.0 Å². The van der Waals surface area contributed by atoms with Crippen LogP contribution in [0.25, 0.3) is 17.0 Å². The first-order valence-electron chi connectivity index (χ1n) is 8.80. The number of anilines is 1. The number of hydrogen-bond donors (Lipinski definition) is 1. The van der Waals surface area contributed by atoms with Gasteiger partial charge in [0.05, 0.1) is 16.2 Å². The molecular weight excluding hydrogens is 376 g/mol. The summed E-state index contributed by atoms with van der Waals surface area (Å²) in [6, 6.07) is 12.9. The van der Waals surface area contributed by atoms with Crippen LogP contribution in [0.5, 0.6) is 0 Å². The summed E-state index contributed by atoms with van der Waals surface area (Å²) in [5.41, 5.74) is -1.53. The monoisotopic (exact) mass is 392 g/mol. The number of aromatic nitrogens is 2. The van der Waals surface area contributed by atoms with Crippen LogP contribution in [-0.4, -0.2) is 32.6 Å². The van der Waals surface area contributed by atoms with Crippen LogP contribution in [0.15, 0.2) is 59.6 Å². The van der Waals surface area contributed by atoms with Gasteiger partial charge in [-0.2, -0.15) is 4.98 Å². The lowest BCUT2D eigenvalue weighted by molar-refractivity contribution is -0.385. The number of fused-ring (bicyclic) bond motifs is 1. The van der Waals surface area contributed by atoms with Gasteiger partial charge in [-0.3, -0.25) is 14.9 Å². The highest BCUT2D eigenvalue weighted by molar-refractivity contribution is 6.14. The third kappa shape index (κ3) is 2.71. The molecule has 2 aromatic carbocycles. The molecule has 9 heteroatoms. The minimum Gasteiger partial charge on any atom is -0.372 e. The average Bonchev–Trinajstić information content (AvgIpc) is 3.31. The van der Waals surface area contributed by atoms with Crippen LogP contribution in [0.2, 0.25) is 0 Å². The van der Waals surface area contributed by atoms with E-state index in [-0.39, 0.29) is 35.1 Å². The van der Waals surface area contributed by atoms with Crippen LogP contribution in [0.3, 0.4) is 0 Å². The van der Waals surface area contributed by atoms with Crippen molar-refractivity contribution in [3.05, 3.63) is 76.7 Å². The molecule has 0 saturated heterocycles. The van der Waals surface area contributed by atoms with E-state index in [0.717, 1.165) is 0 Å². The fourth-order valence-corrected chi connectivity index (χ4v) is 3.39. The van der Waals surface area contributed by atoms with E-state index >= 15 is 0 Å². The Morgan fingerprint density at radius 1 is 1.31 bits per heavy atom. The molecular formula is C20H16N4O5. The Kier molecular flexibility index (Phi) is 4.24. The van der Waals surface area contributed by atoms with Crippen molar-refractivity contribution in [1.82, 2.24) is 10.1 Å². The molecule has 9 nitrogen and oxygen atoms in total. The van der Waals surface area contributed by atoms with E-state index in [0.29, 0.717) is 11.3 Å². The molecule has 3 aromatic rings. The molecule has 1 aliphatic heterocycles. The van der Waals surface area contributed by atoms with Crippen molar-refractivity contribution < 1.29 is 19.3 Å². The van der Waals surface area contributed by atoms with Gasteiger partial charge in [0.1, 0.15) is 0 Å². The molecule has 1 amide bonds. The maximum absolute atomic E-state index is 13.0. The maximum Gasteiger partial charge on any atom is 0.269 e. The molecule has 0 aliphatic carbocycles. The number of benzene rings is 2. The number of carbonyl (C=O) groups excluding carboxylic acids is 1. The number of hydrogen-bond acceptors (Lipinski definition) is 7. The second-order valence-electron chi connectivity index (χ2n) is 6.49. The second-order valence-corrected chi connectivity index (χ2v) is 6.49. The van der Waals surface area contributed by atoms with Gasteiger partial charge >= 0.3 is 0 Å². The topological polar surface area (TPSA) is 123 Å². The van der Waals surface area contributed by atoms with Crippen LogP contribution in [0.1, 0.15) is 18.4 Å². The first kappa shape index (κ1) is 18.5. The Hall–Kier alpha value is -3.85. The highest BCUT2D eigenvalue weighted by atomic mass is 16.6. The Bertz CT molecular complexity index is 1140. The number of carbonyl (C=O) groups is 1. The summed E-state index contributed by atoms with van der Waals surface area (Å²) >= 11 is 0. The quantitative estimate of drug-likeness (QED) is 0.523. The van der Waals surface area contributed by atoms with Crippen molar-refractivity contribution >= 4 is 22.9 Å². The Morgan fingerprint density at radius 2 is 2.03 bits per heavy atom. The van der Waals surface area contributed by atoms with Gasteiger partial charge in [-0.15, -0.1) is 0 Å². The number of nitro benzene ring substituents is 1. The van der Waals surface area contributed by atoms with E-state index in [1.165, 1.54) is 23.1 Å². The van der Waals surface area contributed by atoms with Gasteiger partial charge in [0.25, 0.3) is 17.5 Å². The summed E-state index contributed by atoms with van der Waals surface area (Å²) in [5.74, 6) is -0.544. The Morgan fingerprint density at radius 3 is 2.69 bits per heavy atom. The van der Waals surface area contributed by atoms with Gasteiger partial charge in [-0.25, -0.2) is 0 Å². The molecule has 0 bridgehead atoms. The summed E-state index contributed by atoms with van der Waals surface area (Å²) in [5, 5.41) is 26.5. The van der Waals surface area contributed by atoms with Crippen molar-refractivity contribution in [2.45, 2.75) is 12.5 Å².